The summed E-state index contributed by atoms with van der Waals surface area (Å²) >= 11 is 0. The third-order valence-electron chi connectivity index (χ3n) is 3.67. The first-order valence-electron chi connectivity index (χ1n) is 6.84. The van der Waals surface area contributed by atoms with Gasteiger partial charge in [0.1, 0.15) is 0 Å². The summed E-state index contributed by atoms with van der Waals surface area (Å²) in [6.45, 7) is 4.09. The molecule has 1 saturated heterocycles. The van der Waals surface area contributed by atoms with Crippen LogP contribution >= 0.6 is 0 Å². The fourth-order valence-corrected chi connectivity index (χ4v) is 2.90. The van der Waals surface area contributed by atoms with Gasteiger partial charge in [-0.25, -0.2) is 0 Å². The number of nitrogens with zero attached hydrogens (tertiary/aromatic N) is 1. The van der Waals surface area contributed by atoms with Gasteiger partial charge in [-0.05, 0) is 31.2 Å². The number of primary amides is 1. The van der Waals surface area contributed by atoms with Crippen LogP contribution in [0.5, 0.6) is 0 Å². The number of aryl methyl sites for hydroxylation is 1. The normalized spacial score (nSPS) is 24.3. The summed E-state index contributed by atoms with van der Waals surface area (Å²) in [4.78, 5) is 13.1. The maximum atomic E-state index is 11.0. The van der Waals surface area contributed by atoms with E-state index in [-0.39, 0.29) is 11.9 Å². The van der Waals surface area contributed by atoms with Crippen LogP contribution in [0, 0.1) is 12.8 Å². The van der Waals surface area contributed by atoms with Gasteiger partial charge >= 0.3 is 0 Å². The Morgan fingerprint density at radius 3 is 2.63 bits per heavy atom. The van der Waals surface area contributed by atoms with Gasteiger partial charge in [-0.15, -0.1) is 0 Å². The zero-order chi connectivity index (χ0) is 13.8. The molecule has 4 nitrogen and oxygen atoms in total. The fourth-order valence-electron chi connectivity index (χ4n) is 2.90. The standard InChI is InChI=1S/C15H23N3O/c1-11-2-4-12(5-3-11)6-13-7-14(16)9-18(8-13)10-15(17)19/h2-5,13-14H,6-10,16H2,1H3,(H2,17,19). The van der Waals surface area contributed by atoms with Crippen LogP contribution in [0.1, 0.15) is 17.5 Å². The lowest BCUT2D eigenvalue weighted by atomic mass is 9.89. The van der Waals surface area contributed by atoms with Gasteiger partial charge in [-0.2, -0.15) is 0 Å². The van der Waals surface area contributed by atoms with E-state index in [0.717, 1.165) is 25.9 Å². The molecule has 2 atom stereocenters. The van der Waals surface area contributed by atoms with E-state index >= 15 is 0 Å². The second kappa shape index (κ2) is 6.17. The number of carbonyl (C=O) groups is 1. The molecule has 1 amide bonds. The van der Waals surface area contributed by atoms with Gasteiger partial charge in [-0.1, -0.05) is 29.8 Å². The number of piperidine rings is 1. The summed E-state index contributed by atoms with van der Waals surface area (Å²) in [6, 6.07) is 8.77. The molecule has 1 aliphatic rings. The molecule has 0 saturated carbocycles. The van der Waals surface area contributed by atoms with Crippen molar-refractivity contribution >= 4 is 5.91 Å². The van der Waals surface area contributed by atoms with Crippen molar-refractivity contribution in [2.75, 3.05) is 19.6 Å². The van der Waals surface area contributed by atoms with Crippen molar-refractivity contribution in [3.63, 3.8) is 0 Å². The van der Waals surface area contributed by atoms with Gasteiger partial charge < -0.3 is 11.5 Å². The van der Waals surface area contributed by atoms with Crippen molar-refractivity contribution in [2.45, 2.75) is 25.8 Å². The lowest BCUT2D eigenvalue weighted by Gasteiger charge is -2.35. The van der Waals surface area contributed by atoms with Crippen molar-refractivity contribution in [2.24, 2.45) is 17.4 Å². The van der Waals surface area contributed by atoms with E-state index in [1.165, 1.54) is 11.1 Å². The molecule has 1 heterocycles. The number of likely N-dealkylation sites (tertiary alicyclic amines) is 1. The van der Waals surface area contributed by atoms with E-state index in [1.54, 1.807) is 0 Å². The molecule has 0 radical (unpaired) electrons. The SMILES string of the molecule is Cc1ccc(CC2CC(N)CN(CC(N)=O)C2)cc1. The van der Waals surface area contributed by atoms with Crippen LogP contribution in [0.2, 0.25) is 0 Å². The molecule has 2 rings (SSSR count). The van der Waals surface area contributed by atoms with Crippen molar-refractivity contribution in [1.29, 1.82) is 0 Å². The van der Waals surface area contributed by atoms with Crippen LogP contribution in [0.15, 0.2) is 24.3 Å². The van der Waals surface area contributed by atoms with Crippen LogP contribution in [0.4, 0.5) is 0 Å². The number of carbonyl (C=O) groups excluding carboxylic acids is 1. The lowest BCUT2D eigenvalue weighted by molar-refractivity contribution is -0.119. The van der Waals surface area contributed by atoms with E-state index in [9.17, 15) is 4.79 Å². The Hall–Kier alpha value is -1.39. The van der Waals surface area contributed by atoms with Crippen molar-refractivity contribution in [3.05, 3.63) is 35.4 Å². The first kappa shape index (κ1) is 14.0. The van der Waals surface area contributed by atoms with Gasteiger partial charge in [-0.3, -0.25) is 9.69 Å². The van der Waals surface area contributed by atoms with Crippen LogP contribution in [-0.2, 0) is 11.2 Å². The second-order valence-corrected chi connectivity index (χ2v) is 5.71. The minimum Gasteiger partial charge on any atom is -0.369 e. The number of hydrogen-bond acceptors (Lipinski definition) is 3. The maximum Gasteiger partial charge on any atom is 0.231 e. The molecule has 1 aromatic rings. The highest BCUT2D eigenvalue weighted by Gasteiger charge is 2.25. The second-order valence-electron chi connectivity index (χ2n) is 5.71. The van der Waals surface area contributed by atoms with Gasteiger partial charge in [0.25, 0.3) is 0 Å². The highest BCUT2D eigenvalue weighted by molar-refractivity contribution is 5.75. The van der Waals surface area contributed by atoms with Crippen LogP contribution in [0.3, 0.4) is 0 Å². The fraction of sp³-hybridized carbons (Fsp3) is 0.533. The minimum atomic E-state index is -0.275. The first-order valence-corrected chi connectivity index (χ1v) is 6.84. The Kier molecular flexibility index (Phi) is 4.56. The Morgan fingerprint density at radius 2 is 2.00 bits per heavy atom. The molecule has 0 bridgehead atoms. The molecular weight excluding hydrogens is 238 g/mol. The molecule has 0 spiro atoms. The minimum absolute atomic E-state index is 0.142. The maximum absolute atomic E-state index is 11.0. The molecule has 2 unspecified atom stereocenters. The Labute approximate surface area is 114 Å². The molecule has 0 aromatic heterocycles. The Bertz CT molecular complexity index is 430. The van der Waals surface area contributed by atoms with E-state index in [4.69, 9.17) is 11.5 Å². The molecule has 4 heteroatoms. The quantitative estimate of drug-likeness (QED) is 0.837. The van der Waals surface area contributed by atoms with Crippen LogP contribution in [-0.4, -0.2) is 36.5 Å². The predicted molar refractivity (Wildman–Crippen MR) is 76.6 cm³/mol. The predicted octanol–water partition coefficient (Wildman–Crippen LogP) is 0.672. The smallest absolute Gasteiger partial charge is 0.231 e. The van der Waals surface area contributed by atoms with Gasteiger partial charge in [0.2, 0.25) is 5.91 Å². The molecule has 1 aromatic carbocycles. The summed E-state index contributed by atoms with van der Waals surface area (Å²) in [5, 5.41) is 0. The summed E-state index contributed by atoms with van der Waals surface area (Å²) in [7, 11) is 0. The molecule has 19 heavy (non-hydrogen) atoms. The Balaban J connectivity index is 1.95. The first-order chi connectivity index (χ1) is 9.02. The van der Waals surface area contributed by atoms with Crippen LogP contribution < -0.4 is 11.5 Å². The average Bonchev–Trinajstić information content (AvgIpc) is 2.30. The van der Waals surface area contributed by atoms with Crippen molar-refractivity contribution in [3.8, 4) is 0 Å². The number of benzene rings is 1. The summed E-state index contributed by atoms with van der Waals surface area (Å²) in [6.07, 6.45) is 2.03. The number of nitrogens with two attached hydrogens (primary N) is 2. The van der Waals surface area contributed by atoms with E-state index in [2.05, 4.69) is 36.1 Å². The Morgan fingerprint density at radius 1 is 1.32 bits per heavy atom. The van der Waals surface area contributed by atoms with Gasteiger partial charge in [0.05, 0.1) is 6.54 Å². The third kappa shape index (κ3) is 4.33. The number of amides is 1. The average molecular weight is 261 g/mol. The molecule has 0 aliphatic carbocycles. The van der Waals surface area contributed by atoms with Gasteiger partial charge in [0.15, 0.2) is 0 Å². The summed E-state index contributed by atoms with van der Waals surface area (Å²) in [5.74, 6) is 0.231. The lowest BCUT2D eigenvalue weighted by Crippen LogP contribution is -2.49. The number of rotatable bonds is 4. The largest absolute Gasteiger partial charge is 0.369 e. The van der Waals surface area contributed by atoms with E-state index in [1.807, 2.05) is 0 Å². The molecule has 1 fully saturated rings. The van der Waals surface area contributed by atoms with Crippen LogP contribution in [0.25, 0.3) is 0 Å². The molecule has 1 aliphatic heterocycles. The zero-order valence-electron chi connectivity index (χ0n) is 11.5. The van der Waals surface area contributed by atoms with E-state index in [0.29, 0.717) is 12.5 Å². The van der Waals surface area contributed by atoms with Gasteiger partial charge in [0, 0.05) is 19.1 Å². The summed E-state index contributed by atoms with van der Waals surface area (Å²) in [5.41, 5.74) is 14.0. The molecule has 4 N–H and O–H groups in total. The monoisotopic (exact) mass is 261 g/mol. The third-order valence-corrected chi connectivity index (χ3v) is 3.67. The topological polar surface area (TPSA) is 72.3 Å². The highest BCUT2D eigenvalue weighted by Crippen LogP contribution is 2.20. The van der Waals surface area contributed by atoms with E-state index < -0.39 is 0 Å². The number of hydrogen-bond donors (Lipinski definition) is 2. The van der Waals surface area contributed by atoms with Crippen molar-refractivity contribution in [1.82, 2.24) is 4.90 Å². The summed E-state index contributed by atoms with van der Waals surface area (Å²) < 4.78 is 0. The highest BCUT2D eigenvalue weighted by atomic mass is 16.1. The molecular formula is C15H23N3O. The molecule has 104 valence electrons. The van der Waals surface area contributed by atoms with Crippen molar-refractivity contribution < 1.29 is 4.79 Å². The zero-order valence-corrected chi connectivity index (χ0v) is 11.5.